The van der Waals surface area contributed by atoms with Gasteiger partial charge < -0.3 is 10.3 Å². The lowest BCUT2D eigenvalue weighted by Gasteiger charge is -2.16. The Hall–Kier alpha value is -4.39. The van der Waals surface area contributed by atoms with Gasteiger partial charge in [0.2, 0.25) is 11.9 Å². The van der Waals surface area contributed by atoms with Crippen molar-refractivity contribution in [2.24, 2.45) is 0 Å². The zero-order chi connectivity index (χ0) is 24.6. The van der Waals surface area contributed by atoms with Gasteiger partial charge in [0, 0.05) is 29.3 Å². The van der Waals surface area contributed by atoms with Gasteiger partial charge in [-0.2, -0.15) is 0 Å². The summed E-state index contributed by atoms with van der Waals surface area (Å²) in [5.41, 5.74) is 5.85. The molecule has 1 aliphatic heterocycles. The van der Waals surface area contributed by atoms with E-state index in [9.17, 15) is 9.59 Å². The molecule has 2 aromatic heterocycles. The molecule has 0 radical (unpaired) electrons. The van der Waals surface area contributed by atoms with Crippen molar-refractivity contribution in [3.05, 3.63) is 90.1 Å². The van der Waals surface area contributed by atoms with Crippen molar-refractivity contribution in [3.8, 4) is 0 Å². The summed E-state index contributed by atoms with van der Waals surface area (Å²) in [6.07, 6.45) is 3.67. The lowest BCUT2D eigenvalue weighted by Crippen LogP contribution is -2.33. The van der Waals surface area contributed by atoms with Crippen LogP contribution in [-0.4, -0.2) is 32.9 Å². The molecule has 0 aliphatic carbocycles. The predicted octanol–water partition coefficient (Wildman–Crippen LogP) is 5.24. The van der Waals surface area contributed by atoms with Crippen molar-refractivity contribution in [2.75, 3.05) is 16.8 Å². The molecule has 7 nitrogen and oxygen atoms in total. The van der Waals surface area contributed by atoms with Gasteiger partial charge in [-0.05, 0) is 54.3 Å². The largest absolute Gasteiger partial charge is 0.361 e. The third-order valence-electron chi connectivity index (χ3n) is 6.99. The van der Waals surface area contributed by atoms with Gasteiger partial charge in [0.15, 0.2) is 0 Å². The van der Waals surface area contributed by atoms with Gasteiger partial charge in [0.1, 0.15) is 6.04 Å². The van der Waals surface area contributed by atoms with Crippen molar-refractivity contribution in [2.45, 2.75) is 32.2 Å². The summed E-state index contributed by atoms with van der Waals surface area (Å²) in [4.78, 5) is 36.5. The molecule has 5 aromatic rings. The number of fused-ring (bicyclic) bond motifs is 4. The van der Waals surface area contributed by atoms with Crippen molar-refractivity contribution in [1.29, 1.82) is 0 Å². The smallest absolute Gasteiger partial charge is 0.253 e. The number of imidazole rings is 1. The van der Waals surface area contributed by atoms with E-state index in [1.54, 1.807) is 4.90 Å². The first kappa shape index (κ1) is 22.1. The second-order valence-electron chi connectivity index (χ2n) is 9.19. The molecule has 3 aromatic carbocycles. The minimum Gasteiger partial charge on any atom is -0.361 e. The summed E-state index contributed by atoms with van der Waals surface area (Å²) in [5, 5.41) is 4.11. The van der Waals surface area contributed by atoms with E-state index in [1.165, 1.54) is 5.56 Å². The standard InChI is InChI=1S/C29H27N5O2/c1-2-19-11-13-21(14-12-19)31-27(35)17-26-28(36)33(29-32-24-9-5-6-10-25(24)34(26)29)16-15-20-18-30-23-8-4-3-7-22(20)23/h3-14,18,26,30H,2,15-17H2,1H3,(H,31,35). The normalized spacial score (nSPS) is 15.1. The SMILES string of the molecule is CCc1ccc(NC(=O)CC2C(=O)N(CCc3c[nH]c4ccccc34)c3nc4ccccc4n32)cc1. The molecule has 1 aliphatic rings. The molecule has 180 valence electrons. The zero-order valence-electron chi connectivity index (χ0n) is 20.1. The summed E-state index contributed by atoms with van der Waals surface area (Å²) in [7, 11) is 0. The van der Waals surface area contributed by atoms with Crippen LogP contribution in [0.2, 0.25) is 0 Å². The third kappa shape index (κ3) is 3.82. The first-order chi connectivity index (χ1) is 17.6. The molecule has 0 saturated heterocycles. The molecule has 0 fully saturated rings. The van der Waals surface area contributed by atoms with Crippen LogP contribution in [0.4, 0.5) is 11.6 Å². The second-order valence-corrected chi connectivity index (χ2v) is 9.19. The first-order valence-corrected chi connectivity index (χ1v) is 12.3. The molecular weight excluding hydrogens is 450 g/mol. The highest BCUT2D eigenvalue weighted by atomic mass is 16.2. The molecule has 2 N–H and O–H groups in total. The van der Waals surface area contributed by atoms with Crippen LogP contribution in [0.25, 0.3) is 21.9 Å². The van der Waals surface area contributed by atoms with Crippen LogP contribution in [-0.2, 0) is 22.4 Å². The maximum atomic E-state index is 13.6. The highest BCUT2D eigenvalue weighted by Crippen LogP contribution is 2.37. The van der Waals surface area contributed by atoms with Gasteiger partial charge in [0.05, 0.1) is 17.5 Å². The quantitative estimate of drug-likeness (QED) is 0.336. The van der Waals surface area contributed by atoms with Gasteiger partial charge in [-0.3, -0.25) is 19.1 Å². The minimum atomic E-state index is -0.634. The van der Waals surface area contributed by atoms with Crippen LogP contribution in [0.5, 0.6) is 0 Å². The number of H-pyrrole nitrogens is 1. The van der Waals surface area contributed by atoms with Crippen LogP contribution in [0.15, 0.2) is 79.0 Å². The van der Waals surface area contributed by atoms with Gasteiger partial charge in [-0.25, -0.2) is 4.98 Å². The fourth-order valence-corrected chi connectivity index (χ4v) is 5.09. The molecule has 1 atom stereocenters. The highest BCUT2D eigenvalue weighted by Gasteiger charge is 2.40. The Morgan fingerprint density at radius 1 is 1.03 bits per heavy atom. The Morgan fingerprint density at radius 2 is 1.81 bits per heavy atom. The van der Waals surface area contributed by atoms with Crippen molar-refractivity contribution < 1.29 is 9.59 Å². The fraction of sp³-hybridized carbons (Fsp3) is 0.207. The van der Waals surface area contributed by atoms with Gasteiger partial charge >= 0.3 is 0 Å². The summed E-state index contributed by atoms with van der Waals surface area (Å²) in [5.74, 6) is 0.311. The number of rotatable bonds is 7. The van der Waals surface area contributed by atoms with Gasteiger partial charge in [-0.1, -0.05) is 49.4 Å². The van der Waals surface area contributed by atoms with Gasteiger partial charge in [-0.15, -0.1) is 0 Å². The average Bonchev–Trinajstić information content (AvgIpc) is 3.56. The van der Waals surface area contributed by atoms with Crippen LogP contribution in [0, 0.1) is 0 Å². The van der Waals surface area contributed by atoms with Gasteiger partial charge in [0.25, 0.3) is 5.91 Å². The van der Waals surface area contributed by atoms with E-state index in [-0.39, 0.29) is 18.2 Å². The number of para-hydroxylation sites is 3. The number of carbonyl (C=O) groups excluding carboxylic acids is 2. The number of nitrogens with zero attached hydrogens (tertiary/aromatic N) is 3. The number of hydrogen-bond donors (Lipinski definition) is 2. The predicted molar refractivity (Wildman–Crippen MR) is 142 cm³/mol. The number of carbonyl (C=O) groups is 2. The molecular formula is C29H27N5O2. The number of aryl methyl sites for hydroxylation is 1. The highest BCUT2D eigenvalue weighted by molar-refractivity contribution is 6.05. The summed E-state index contributed by atoms with van der Waals surface area (Å²) in [6, 6.07) is 23.1. The van der Waals surface area contributed by atoms with Crippen molar-refractivity contribution in [1.82, 2.24) is 14.5 Å². The van der Waals surface area contributed by atoms with E-state index in [0.29, 0.717) is 18.9 Å². The van der Waals surface area contributed by atoms with Crippen LogP contribution in [0.3, 0.4) is 0 Å². The third-order valence-corrected chi connectivity index (χ3v) is 6.99. The number of aromatic nitrogens is 3. The van der Waals surface area contributed by atoms with E-state index in [0.717, 1.165) is 39.6 Å². The van der Waals surface area contributed by atoms with E-state index in [1.807, 2.05) is 77.5 Å². The molecule has 6 rings (SSSR count). The number of nitrogens with one attached hydrogen (secondary N) is 2. The lowest BCUT2D eigenvalue weighted by atomic mass is 10.1. The summed E-state index contributed by atoms with van der Waals surface area (Å²) >= 11 is 0. The average molecular weight is 478 g/mol. The maximum Gasteiger partial charge on any atom is 0.253 e. The van der Waals surface area contributed by atoms with Crippen LogP contribution < -0.4 is 10.2 Å². The monoisotopic (exact) mass is 477 g/mol. The Kier molecular flexibility index (Phi) is 5.52. The van der Waals surface area contributed by atoms with E-state index in [4.69, 9.17) is 4.98 Å². The lowest BCUT2D eigenvalue weighted by molar-refractivity contribution is -0.124. The molecule has 1 unspecified atom stereocenters. The minimum absolute atomic E-state index is 0.0469. The Morgan fingerprint density at radius 3 is 2.64 bits per heavy atom. The number of aromatic amines is 1. The second kappa shape index (κ2) is 9.00. The first-order valence-electron chi connectivity index (χ1n) is 12.3. The fourth-order valence-electron chi connectivity index (χ4n) is 5.09. The molecule has 0 spiro atoms. The maximum absolute atomic E-state index is 13.6. The van der Waals surface area contributed by atoms with E-state index < -0.39 is 6.04 Å². The van der Waals surface area contributed by atoms with Crippen LogP contribution in [0.1, 0.15) is 30.5 Å². The summed E-state index contributed by atoms with van der Waals surface area (Å²) in [6.45, 7) is 2.58. The topological polar surface area (TPSA) is 83.0 Å². The molecule has 0 bridgehead atoms. The molecule has 36 heavy (non-hydrogen) atoms. The molecule has 7 heteroatoms. The molecule has 2 amide bonds. The number of hydrogen-bond acceptors (Lipinski definition) is 3. The van der Waals surface area contributed by atoms with Crippen molar-refractivity contribution >= 4 is 45.4 Å². The Labute approximate surface area is 208 Å². The van der Waals surface area contributed by atoms with E-state index >= 15 is 0 Å². The number of benzene rings is 3. The van der Waals surface area contributed by atoms with Crippen molar-refractivity contribution in [3.63, 3.8) is 0 Å². The molecule has 0 saturated carbocycles. The summed E-state index contributed by atoms with van der Waals surface area (Å²) < 4.78 is 1.92. The Bertz CT molecular complexity index is 1580. The number of amides is 2. The Balaban J connectivity index is 1.27. The molecule has 3 heterocycles. The number of anilines is 2. The van der Waals surface area contributed by atoms with Crippen LogP contribution >= 0.6 is 0 Å². The van der Waals surface area contributed by atoms with E-state index in [2.05, 4.69) is 23.3 Å². The zero-order valence-corrected chi connectivity index (χ0v) is 20.1.